The van der Waals surface area contributed by atoms with Crippen molar-refractivity contribution in [3.05, 3.63) is 17.7 Å². The molecule has 1 saturated carbocycles. The minimum atomic E-state index is -4.34. The Morgan fingerprint density at radius 3 is 2.35 bits per heavy atom. The van der Waals surface area contributed by atoms with Crippen LogP contribution in [-0.4, -0.2) is 18.1 Å². The quantitative estimate of drug-likeness (QED) is 0.859. The van der Waals surface area contributed by atoms with E-state index in [1.165, 1.54) is 0 Å². The van der Waals surface area contributed by atoms with Crippen molar-refractivity contribution in [3.63, 3.8) is 0 Å². The molecule has 17 heavy (non-hydrogen) atoms. The summed E-state index contributed by atoms with van der Waals surface area (Å²) in [5, 5.41) is 5.65. The smallest absolute Gasteiger partial charge is 0.373 e. The summed E-state index contributed by atoms with van der Waals surface area (Å²) in [6.07, 6.45) is -1.24. The van der Waals surface area contributed by atoms with Crippen molar-refractivity contribution in [1.29, 1.82) is 0 Å². The van der Waals surface area contributed by atoms with Gasteiger partial charge in [-0.2, -0.15) is 13.2 Å². The van der Waals surface area contributed by atoms with Gasteiger partial charge in [-0.1, -0.05) is 0 Å². The molecular formula is C11H14F3N3. The fourth-order valence-electron chi connectivity index (χ4n) is 1.66. The van der Waals surface area contributed by atoms with Crippen molar-refractivity contribution >= 4 is 11.6 Å². The van der Waals surface area contributed by atoms with Gasteiger partial charge < -0.3 is 10.6 Å². The zero-order valence-electron chi connectivity index (χ0n) is 9.43. The molecule has 0 saturated heterocycles. The average molecular weight is 245 g/mol. The largest absolute Gasteiger partial charge is 0.416 e. The summed E-state index contributed by atoms with van der Waals surface area (Å²) >= 11 is 0. The van der Waals surface area contributed by atoms with Crippen LogP contribution in [0.1, 0.15) is 24.8 Å². The lowest BCUT2D eigenvalue weighted by Crippen LogP contribution is -2.27. The molecule has 6 heteroatoms. The van der Waals surface area contributed by atoms with Gasteiger partial charge >= 0.3 is 6.18 Å². The van der Waals surface area contributed by atoms with Gasteiger partial charge in [0.05, 0.1) is 5.56 Å². The van der Waals surface area contributed by atoms with E-state index in [2.05, 4.69) is 15.6 Å². The first-order valence-electron chi connectivity index (χ1n) is 5.52. The summed E-state index contributed by atoms with van der Waals surface area (Å²) in [6, 6.07) is 2.32. The van der Waals surface area contributed by atoms with Crippen molar-refractivity contribution in [2.75, 3.05) is 17.7 Å². The lowest BCUT2D eigenvalue weighted by molar-refractivity contribution is -0.137. The first-order valence-corrected chi connectivity index (χ1v) is 5.52. The van der Waals surface area contributed by atoms with E-state index in [1.807, 2.05) is 0 Å². The van der Waals surface area contributed by atoms with Gasteiger partial charge in [-0.3, -0.25) is 0 Å². The number of nitrogens with zero attached hydrogens (tertiary/aromatic N) is 1. The third-order valence-electron chi connectivity index (χ3n) is 2.87. The zero-order valence-corrected chi connectivity index (χ0v) is 9.43. The molecule has 0 amide bonds. The topological polar surface area (TPSA) is 37.0 Å². The Kier molecular flexibility index (Phi) is 3.13. The Labute approximate surface area is 97.4 Å². The lowest BCUT2D eigenvalue weighted by atomic mass is 9.93. The number of pyridine rings is 1. The average Bonchev–Trinajstić information content (AvgIpc) is 2.22. The third kappa shape index (κ3) is 2.81. The standard InChI is InChI=1S/C11H14F3N3/c1-15-9-5-7(11(12,13)14)6-10(17-9)16-8-3-2-4-8/h5-6,8H,2-4H2,1H3,(H2,15,16,17). The maximum atomic E-state index is 12.6. The van der Waals surface area contributed by atoms with Crippen LogP contribution in [0, 0.1) is 0 Å². The monoisotopic (exact) mass is 245 g/mol. The van der Waals surface area contributed by atoms with E-state index in [9.17, 15) is 13.2 Å². The van der Waals surface area contributed by atoms with Crippen molar-refractivity contribution in [2.45, 2.75) is 31.5 Å². The molecule has 0 spiro atoms. The Bertz CT molecular complexity index is 399. The van der Waals surface area contributed by atoms with E-state index in [1.54, 1.807) is 7.05 Å². The van der Waals surface area contributed by atoms with Crippen LogP contribution in [0.3, 0.4) is 0 Å². The fourth-order valence-corrected chi connectivity index (χ4v) is 1.66. The molecule has 1 heterocycles. The highest BCUT2D eigenvalue weighted by molar-refractivity contribution is 5.50. The van der Waals surface area contributed by atoms with E-state index in [4.69, 9.17) is 0 Å². The summed E-state index contributed by atoms with van der Waals surface area (Å²) in [6.45, 7) is 0. The predicted octanol–water partition coefficient (Wildman–Crippen LogP) is 3.11. The molecule has 0 aliphatic heterocycles. The van der Waals surface area contributed by atoms with E-state index in [0.717, 1.165) is 31.4 Å². The molecular weight excluding hydrogens is 231 g/mol. The molecule has 1 fully saturated rings. The molecule has 1 aromatic rings. The van der Waals surface area contributed by atoms with Crippen LogP contribution in [0.2, 0.25) is 0 Å². The van der Waals surface area contributed by atoms with Gasteiger partial charge in [0.15, 0.2) is 0 Å². The van der Waals surface area contributed by atoms with Crippen molar-refractivity contribution in [1.82, 2.24) is 4.98 Å². The van der Waals surface area contributed by atoms with Gasteiger partial charge in [-0.15, -0.1) is 0 Å². The Balaban J connectivity index is 2.24. The van der Waals surface area contributed by atoms with Crippen LogP contribution in [-0.2, 0) is 6.18 Å². The molecule has 0 aromatic carbocycles. The van der Waals surface area contributed by atoms with Crippen LogP contribution in [0.5, 0.6) is 0 Å². The molecule has 3 nitrogen and oxygen atoms in total. The van der Waals surface area contributed by atoms with E-state index >= 15 is 0 Å². The maximum Gasteiger partial charge on any atom is 0.416 e. The van der Waals surface area contributed by atoms with Gasteiger partial charge in [0.25, 0.3) is 0 Å². The number of nitrogens with one attached hydrogen (secondary N) is 2. The van der Waals surface area contributed by atoms with Gasteiger partial charge in [0.1, 0.15) is 11.6 Å². The summed E-state index contributed by atoms with van der Waals surface area (Å²) in [5.74, 6) is 0.510. The summed E-state index contributed by atoms with van der Waals surface area (Å²) in [4.78, 5) is 4.07. The first kappa shape index (κ1) is 12.0. The number of aromatic nitrogens is 1. The Hall–Kier alpha value is -1.46. The Morgan fingerprint density at radius 2 is 1.88 bits per heavy atom. The van der Waals surface area contributed by atoms with E-state index in [0.29, 0.717) is 0 Å². The van der Waals surface area contributed by atoms with Crippen molar-refractivity contribution < 1.29 is 13.2 Å². The Morgan fingerprint density at radius 1 is 1.24 bits per heavy atom. The third-order valence-corrected chi connectivity index (χ3v) is 2.87. The van der Waals surface area contributed by atoms with Crippen LogP contribution < -0.4 is 10.6 Å². The SMILES string of the molecule is CNc1cc(C(F)(F)F)cc(NC2CCC2)n1. The van der Waals surface area contributed by atoms with Crippen LogP contribution in [0.25, 0.3) is 0 Å². The second-order valence-electron chi connectivity index (χ2n) is 4.15. The molecule has 1 aromatic heterocycles. The first-order chi connectivity index (χ1) is 7.99. The predicted molar refractivity (Wildman–Crippen MR) is 60.0 cm³/mol. The van der Waals surface area contributed by atoms with Gasteiger partial charge in [0, 0.05) is 13.1 Å². The second-order valence-corrected chi connectivity index (χ2v) is 4.15. The molecule has 2 rings (SSSR count). The van der Waals surface area contributed by atoms with Crippen molar-refractivity contribution in [3.8, 4) is 0 Å². The number of hydrogen-bond acceptors (Lipinski definition) is 3. The van der Waals surface area contributed by atoms with E-state index < -0.39 is 11.7 Å². The van der Waals surface area contributed by atoms with Crippen LogP contribution in [0.15, 0.2) is 12.1 Å². The lowest BCUT2D eigenvalue weighted by Gasteiger charge is -2.27. The molecule has 0 bridgehead atoms. The minimum Gasteiger partial charge on any atom is -0.373 e. The van der Waals surface area contributed by atoms with Crippen LogP contribution in [0.4, 0.5) is 24.8 Å². The van der Waals surface area contributed by atoms with E-state index in [-0.39, 0.29) is 17.7 Å². The molecule has 2 N–H and O–H groups in total. The number of halogens is 3. The van der Waals surface area contributed by atoms with Gasteiger partial charge in [-0.05, 0) is 31.4 Å². The number of rotatable bonds is 3. The summed E-state index contributed by atoms with van der Waals surface area (Å²) in [7, 11) is 1.55. The molecule has 1 aliphatic rings. The molecule has 1 aliphatic carbocycles. The highest BCUT2D eigenvalue weighted by atomic mass is 19.4. The summed E-state index contributed by atoms with van der Waals surface area (Å²) < 4.78 is 37.9. The highest BCUT2D eigenvalue weighted by Gasteiger charge is 2.32. The van der Waals surface area contributed by atoms with Gasteiger partial charge in [-0.25, -0.2) is 4.98 Å². The zero-order chi connectivity index (χ0) is 12.5. The number of hydrogen-bond donors (Lipinski definition) is 2. The molecule has 0 atom stereocenters. The van der Waals surface area contributed by atoms with Crippen molar-refractivity contribution in [2.24, 2.45) is 0 Å². The van der Waals surface area contributed by atoms with Gasteiger partial charge in [0.2, 0.25) is 0 Å². The van der Waals surface area contributed by atoms with Crippen LogP contribution >= 0.6 is 0 Å². The summed E-state index contributed by atoms with van der Waals surface area (Å²) in [5.41, 5.74) is -0.682. The number of anilines is 2. The normalized spacial score (nSPS) is 16.5. The molecule has 0 radical (unpaired) electrons. The minimum absolute atomic E-state index is 0.224. The fraction of sp³-hybridized carbons (Fsp3) is 0.545. The molecule has 0 unspecified atom stereocenters. The number of alkyl halides is 3. The highest BCUT2D eigenvalue weighted by Crippen LogP contribution is 2.33. The maximum absolute atomic E-state index is 12.6. The second kappa shape index (κ2) is 4.43. The molecule has 94 valence electrons.